The molecule has 0 spiro atoms. The van der Waals surface area contributed by atoms with Crippen LogP contribution < -0.4 is 20.4 Å². The Bertz CT molecular complexity index is 879. The highest BCUT2D eigenvalue weighted by Crippen LogP contribution is 2.15. The standard InChI is InChI=1S/C22H27FN4O2/c1-16-6-7-20(17(2)12-16)25-22(29)15-27-10-8-26(9-11-27)14-21(28)24-19-5-3-4-18(23)13-19/h3-7,12-13H,8-11,14-15H2,1-2H3,(H,24,28)(H,25,29)/p+2. The fourth-order valence-corrected chi connectivity index (χ4v) is 3.68. The third kappa shape index (κ3) is 6.37. The van der Waals surface area contributed by atoms with Crippen molar-refractivity contribution in [2.45, 2.75) is 13.8 Å². The zero-order valence-electron chi connectivity index (χ0n) is 17.0. The third-order valence-electron chi connectivity index (χ3n) is 5.25. The number of aryl methyl sites for hydroxylation is 2. The van der Waals surface area contributed by atoms with Crippen LogP contribution in [-0.4, -0.2) is 51.1 Å². The molecule has 0 atom stereocenters. The Kier molecular flexibility index (Phi) is 6.95. The highest BCUT2D eigenvalue weighted by atomic mass is 19.1. The minimum absolute atomic E-state index is 0.0132. The summed E-state index contributed by atoms with van der Waals surface area (Å²) in [6.45, 7) is 8.11. The maximum absolute atomic E-state index is 13.2. The van der Waals surface area contributed by atoms with Crippen LogP contribution in [0.15, 0.2) is 42.5 Å². The van der Waals surface area contributed by atoms with Crippen molar-refractivity contribution in [1.29, 1.82) is 0 Å². The first-order valence-corrected chi connectivity index (χ1v) is 9.99. The molecule has 7 heteroatoms. The number of hydrogen-bond donors (Lipinski definition) is 4. The van der Waals surface area contributed by atoms with Crippen molar-refractivity contribution >= 4 is 23.2 Å². The lowest BCUT2D eigenvalue weighted by molar-refractivity contribution is -1.00. The molecule has 1 aliphatic heterocycles. The Morgan fingerprint density at radius 2 is 1.52 bits per heavy atom. The molecule has 0 saturated carbocycles. The van der Waals surface area contributed by atoms with Gasteiger partial charge in [0.2, 0.25) is 0 Å². The Morgan fingerprint density at radius 3 is 2.10 bits per heavy atom. The molecule has 2 aromatic rings. The van der Waals surface area contributed by atoms with Gasteiger partial charge in [-0.2, -0.15) is 0 Å². The number of rotatable bonds is 6. The van der Waals surface area contributed by atoms with Crippen molar-refractivity contribution in [3.05, 3.63) is 59.4 Å². The van der Waals surface area contributed by atoms with E-state index in [9.17, 15) is 14.0 Å². The molecule has 2 amide bonds. The number of carbonyl (C=O) groups is 2. The second kappa shape index (κ2) is 9.62. The molecule has 1 saturated heterocycles. The molecule has 154 valence electrons. The van der Waals surface area contributed by atoms with Crippen LogP contribution >= 0.6 is 0 Å². The lowest BCUT2D eigenvalue weighted by Gasteiger charge is -2.29. The van der Waals surface area contributed by atoms with Crippen molar-refractivity contribution in [3.63, 3.8) is 0 Å². The molecule has 2 aromatic carbocycles. The molecule has 0 aromatic heterocycles. The molecule has 0 unspecified atom stereocenters. The predicted molar refractivity (Wildman–Crippen MR) is 111 cm³/mol. The van der Waals surface area contributed by atoms with Crippen LogP contribution in [0.2, 0.25) is 0 Å². The van der Waals surface area contributed by atoms with E-state index in [1.807, 2.05) is 26.0 Å². The van der Waals surface area contributed by atoms with Crippen LogP contribution in [-0.2, 0) is 9.59 Å². The van der Waals surface area contributed by atoms with E-state index in [0.717, 1.165) is 37.4 Å². The number of carbonyl (C=O) groups excluding carboxylic acids is 2. The summed E-state index contributed by atoms with van der Waals surface area (Å²) in [4.78, 5) is 27.0. The van der Waals surface area contributed by atoms with E-state index in [0.29, 0.717) is 18.8 Å². The summed E-state index contributed by atoms with van der Waals surface area (Å²) < 4.78 is 13.2. The normalized spacial score (nSPS) is 18.9. The largest absolute Gasteiger partial charge is 0.321 e. The molecule has 0 bridgehead atoms. The van der Waals surface area contributed by atoms with Crippen molar-refractivity contribution in [2.75, 3.05) is 49.9 Å². The van der Waals surface area contributed by atoms with Gasteiger partial charge in [-0.05, 0) is 43.7 Å². The van der Waals surface area contributed by atoms with Crippen molar-refractivity contribution in [3.8, 4) is 0 Å². The number of anilines is 2. The molecule has 4 N–H and O–H groups in total. The summed E-state index contributed by atoms with van der Waals surface area (Å²) in [5, 5.41) is 5.74. The molecule has 3 rings (SSSR count). The van der Waals surface area contributed by atoms with Gasteiger partial charge in [-0.3, -0.25) is 9.59 Å². The van der Waals surface area contributed by atoms with Crippen LogP contribution in [0.25, 0.3) is 0 Å². The second-order valence-corrected chi connectivity index (χ2v) is 7.78. The van der Waals surface area contributed by atoms with E-state index in [1.54, 1.807) is 12.1 Å². The van der Waals surface area contributed by atoms with E-state index in [-0.39, 0.29) is 17.6 Å². The summed E-state index contributed by atoms with van der Waals surface area (Å²) in [6.07, 6.45) is 0. The zero-order valence-corrected chi connectivity index (χ0v) is 17.0. The smallest absolute Gasteiger partial charge is 0.279 e. The summed E-state index contributed by atoms with van der Waals surface area (Å²) in [6, 6.07) is 11.9. The summed E-state index contributed by atoms with van der Waals surface area (Å²) >= 11 is 0. The van der Waals surface area contributed by atoms with Gasteiger partial charge in [0.05, 0.1) is 0 Å². The first kappa shape index (κ1) is 21.0. The highest BCUT2D eigenvalue weighted by Gasteiger charge is 2.26. The lowest BCUT2D eigenvalue weighted by atomic mass is 10.1. The molecule has 0 aliphatic carbocycles. The summed E-state index contributed by atoms with van der Waals surface area (Å²) in [7, 11) is 0. The van der Waals surface area contributed by atoms with E-state index in [1.165, 1.54) is 27.5 Å². The average Bonchev–Trinajstić information content (AvgIpc) is 2.65. The number of hydrogen-bond acceptors (Lipinski definition) is 2. The molecule has 29 heavy (non-hydrogen) atoms. The monoisotopic (exact) mass is 400 g/mol. The van der Waals surface area contributed by atoms with Gasteiger partial charge < -0.3 is 20.4 Å². The number of amides is 2. The number of benzene rings is 2. The molecule has 1 aliphatic rings. The van der Waals surface area contributed by atoms with Gasteiger partial charge in [0.1, 0.15) is 32.0 Å². The lowest BCUT2D eigenvalue weighted by Crippen LogP contribution is -3.28. The number of quaternary nitrogens is 2. The van der Waals surface area contributed by atoms with E-state index in [2.05, 4.69) is 16.7 Å². The van der Waals surface area contributed by atoms with E-state index < -0.39 is 0 Å². The predicted octanol–water partition coefficient (Wildman–Crippen LogP) is -0.197. The summed E-state index contributed by atoms with van der Waals surface area (Å²) in [5.74, 6) is -0.479. The Hall–Kier alpha value is -2.77. The fourth-order valence-electron chi connectivity index (χ4n) is 3.68. The molecular weight excluding hydrogens is 371 g/mol. The first-order chi connectivity index (χ1) is 13.9. The Morgan fingerprint density at radius 1 is 0.897 bits per heavy atom. The minimum atomic E-state index is -0.369. The van der Waals surface area contributed by atoms with E-state index >= 15 is 0 Å². The van der Waals surface area contributed by atoms with Gasteiger partial charge in [-0.1, -0.05) is 23.8 Å². The van der Waals surface area contributed by atoms with Crippen molar-refractivity contribution in [1.82, 2.24) is 0 Å². The number of halogens is 1. The first-order valence-electron chi connectivity index (χ1n) is 9.99. The van der Waals surface area contributed by atoms with Crippen molar-refractivity contribution in [2.24, 2.45) is 0 Å². The quantitative estimate of drug-likeness (QED) is 0.543. The van der Waals surface area contributed by atoms with Gasteiger partial charge in [0.15, 0.2) is 13.1 Å². The van der Waals surface area contributed by atoms with E-state index in [4.69, 9.17) is 0 Å². The number of nitrogens with one attached hydrogen (secondary N) is 4. The topological polar surface area (TPSA) is 67.1 Å². The average molecular weight is 400 g/mol. The Labute approximate surface area is 170 Å². The van der Waals surface area contributed by atoms with Crippen LogP contribution in [0.5, 0.6) is 0 Å². The minimum Gasteiger partial charge on any atom is -0.321 e. The van der Waals surface area contributed by atoms with Crippen molar-refractivity contribution < 1.29 is 23.8 Å². The maximum Gasteiger partial charge on any atom is 0.279 e. The molecule has 6 nitrogen and oxygen atoms in total. The SMILES string of the molecule is Cc1ccc(NC(=O)C[NH+]2CC[NH+](CC(=O)Nc3cccc(F)c3)CC2)c(C)c1. The van der Waals surface area contributed by atoms with Gasteiger partial charge in [0, 0.05) is 11.4 Å². The van der Waals surface area contributed by atoms with Gasteiger partial charge in [-0.25, -0.2) is 4.39 Å². The van der Waals surface area contributed by atoms with Gasteiger partial charge in [0.25, 0.3) is 11.8 Å². The third-order valence-corrected chi connectivity index (χ3v) is 5.25. The molecule has 0 radical (unpaired) electrons. The molecule has 1 heterocycles. The molecule has 1 fully saturated rings. The highest BCUT2D eigenvalue weighted by molar-refractivity contribution is 5.92. The van der Waals surface area contributed by atoms with Crippen LogP contribution in [0.1, 0.15) is 11.1 Å². The van der Waals surface area contributed by atoms with Gasteiger partial charge >= 0.3 is 0 Å². The number of piperazine rings is 1. The van der Waals surface area contributed by atoms with Crippen LogP contribution in [0.3, 0.4) is 0 Å². The second-order valence-electron chi connectivity index (χ2n) is 7.78. The summed E-state index contributed by atoms with van der Waals surface area (Å²) in [5.41, 5.74) is 3.57. The Balaban J connectivity index is 1.40. The zero-order chi connectivity index (χ0) is 20.8. The van der Waals surface area contributed by atoms with Gasteiger partial charge in [-0.15, -0.1) is 0 Å². The van der Waals surface area contributed by atoms with Crippen LogP contribution in [0.4, 0.5) is 15.8 Å². The fraction of sp³-hybridized carbons (Fsp3) is 0.364. The molecular formula is C22H29FN4O2+2. The maximum atomic E-state index is 13.2. The van der Waals surface area contributed by atoms with Crippen LogP contribution in [0, 0.1) is 19.7 Å².